The molecule has 0 amide bonds. The molecule has 112 valence electrons. The first kappa shape index (κ1) is 18.2. The second-order valence-electron chi connectivity index (χ2n) is 5.16. The lowest BCUT2D eigenvalue weighted by atomic mass is 10.1. The molecule has 3 heteroatoms. The van der Waals surface area contributed by atoms with Crippen molar-refractivity contribution >= 4 is 5.97 Å². The molecule has 19 heavy (non-hydrogen) atoms. The molecule has 0 aliphatic rings. The lowest BCUT2D eigenvalue weighted by molar-refractivity contribution is -0.145. The van der Waals surface area contributed by atoms with Crippen LogP contribution in [0.15, 0.2) is 12.2 Å². The summed E-state index contributed by atoms with van der Waals surface area (Å²) in [5, 5.41) is 8.80. The van der Waals surface area contributed by atoms with Crippen molar-refractivity contribution in [2.45, 2.75) is 65.2 Å². The van der Waals surface area contributed by atoms with E-state index in [0.717, 1.165) is 19.3 Å². The largest absolute Gasteiger partial charge is 0.465 e. The summed E-state index contributed by atoms with van der Waals surface area (Å²) < 4.78 is 5.06. The van der Waals surface area contributed by atoms with Gasteiger partial charge in [0.25, 0.3) is 0 Å². The Labute approximate surface area is 118 Å². The number of hydrogen-bond donors (Lipinski definition) is 1. The smallest absolute Gasteiger partial charge is 0.305 e. The van der Waals surface area contributed by atoms with Crippen LogP contribution in [0.1, 0.15) is 65.2 Å². The van der Waals surface area contributed by atoms with Gasteiger partial charge in [0.05, 0.1) is 6.61 Å². The summed E-state index contributed by atoms with van der Waals surface area (Å²) in [6, 6.07) is 0. The van der Waals surface area contributed by atoms with Gasteiger partial charge in [-0.15, -0.1) is 0 Å². The number of esters is 1. The molecule has 0 bridgehead atoms. The molecule has 1 N–H and O–H groups in total. The highest BCUT2D eigenvalue weighted by Crippen LogP contribution is 2.08. The first-order chi connectivity index (χ1) is 9.20. The fourth-order valence-electron chi connectivity index (χ4n) is 1.71. The molecule has 0 aliphatic carbocycles. The van der Waals surface area contributed by atoms with Crippen molar-refractivity contribution in [1.29, 1.82) is 0 Å². The average Bonchev–Trinajstić information content (AvgIpc) is 2.42. The van der Waals surface area contributed by atoms with E-state index in [2.05, 4.69) is 19.1 Å². The van der Waals surface area contributed by atoms with Crippen molar-refractivity contribution in [3.8, 4) is 0 Å². The van der Waals surface area contributed by atoms with Crippen molar-refractivity contribution < 1.29 is 14.6 Å². The van der Waals surface area contributed by atoms with E-state index < -0.39 is 0 Å². The van der Waals surface area contributed by atoms with E-state index in [1.807, 2.05) is 6.92 Å². The third kappa shape index (κ3) is 13.4. The molecular formula is C16H30O3. The van der Waals surface area contributed by atoms with Crippen LogP contribution in [-0.4, -0.2) is 24.3 Å². The van der Waals surface area contributed by atoms with Crippen molar-refractivity contribution in [2.24, 2.45) is 5.92 Å². The highest BCUT2D eigenvalue weighted by Gasteiger charge is 2.05. The molecule has 0 aromatic heterocycles. The minimum Gasteiger partial charge on any atom is -0.465 e. The maximum atomic E-state index is 11.4. The van der Waals surface area contributed by atoms with Gasteiger partial charge in [-0.1, -0.05) is 45.3 Å². The Morgan fingerprint density at radius 3 is 2.53 bits per heavy atom. The van der Waals surface area contributed by atoms with E-state index >= 15 is 0 Å². The van der Waals surface area contributed by atoms with E-state index in [1.165, 1.54) is 25.7 Å². The van der Waals surface area contributed by atoms with Gasteiger partial charge in [0.15, 0.2) is 0 Å². The van der Waals surface area contributed by atoms with Gasteiger partial charge in [0.2, 0.25) is 0 Å². The Hall–Kier alpha value is -0.830. The molecule has 0 aromatic carbocycles. The van der Waals surface area contributed by atoms with E-state index in [-0.39, 0.29) is 18.5 Å². The van der Waals surface area contributed by atoms with Gasteiger partial charge < -0.3 is 9.84 Å². The quantitative estimate of drug-likeness (QED) is 0.333. The Bertz CT molecular complexity index is 236. The molecule has 0 saturated heterocycles. The summed E-state index contributed by atoms with van der Waals surface area (Å²) >= 11 is 0. The fraction of sp³-hybridized carbons (Fsp3) is 0.812. The van der Waals surface area contributed by atoms with E-state index in [9.17, 15) is 4.79 Å². The lowest BCUT2D eigenvalue weighted by Gasteiger charge is -2.08. The zero-order valence-electron chi connectivity index (χ0n) is 12.6. The van der Waals surface area contributed by atoms with Gasteiger partial charge >= 0.3 is 5.97 Å². The molecule has 0 spiro atoms. The molecule has 0 rings (SSSR count). The molecule has 3 nitrogen and oxygen atoms in total. The number of carbonyl (C=O) groups is 1. The summed E-state index contributed by atoms with van der Waals surface area (Å²) in [5.74, 6) is -0.0914. The Morgan fingerprint density at radius 1 is 1.16 bits per heavy atom. The molecule has 0 aliphatic heterocycles. The number of hydrogen-bond acceptors (Lipinski definition) is 3. The molecule has 0 heterocycles. The predicted octanol–water partition coefficient (Wildman–Crippen LogP) is 3.85. The minimum absolute atomic E-state index is 0.0418. The van der Waals surface area contributed by atoms with Gasteiger partial charge in [-0.25, -0.2) is 0 Å². The molecule has 0 radical (unpaired) electrons. The third-order valence-corrected chi connectivity index (χ3v) is 2.99. The zero-order chi connectivity index (χ0) is 14.3. The van der Waals surface area contributed by atoms with E-state index in [4.69, 9.17) is 9.84 Å². The lowest BCUT2D eigenvalue weighted by Crippen LogP contribution is -2.14. The van der Waals surface area contributed by atoms with Gasteiger partial charge in [0.1, 0.15) is 0 Å². The van der Waals surface area contributed by atoms with Crippen LogP contribution in [0.5, 0.6) is 0 Å². The number of rotatable bonds is 12. The molecular weight excluding hydrogens is 240 g/mol. The Morgan fingerprint density at radius 2 is 1.84 bits per heavy atom. The normalized spacial score (nSPS) is 12.8. The van der Waals surface area contributed by atoms with Crippen LogP contribution >= 0.6 is 0 Å². The molecule has 1 atom stereocenters. The Kier molecular flexibility index (Phi) is 13.0. The van der Waals surface area contributed by atoms with Crippen LogP contribution in [0.4, 0.5) is 0 Å². The average molecular weight is 270 g/mol. The van der Waals surface area contributed by atoms with Crippen LogP contribution in [-0.2, 0) is 9.53 Å². The standard InChI is InChI=1S/C16H30O3/c1-3-4-5-6-7-8-9-10-11-12-16(18)19-14-15(2)13-17/h4-5,15,17H,3,6-14H2,1-2H3/b5-4+. The van der Waals surface area contributed by atoms with E-state index in [0.29, 0.717) is 13.0 Å². The van der Waals surface area contributed by atoms with Gasteiger partial charge in [0, 0.05) is 18.9 Å². The summed E-state index contributed by atoms with van der Waals surface area (Å²) in [5.41, 5.74) is 0. The van der Waals surface area contributed by atoms with Crippen LogP contribution in [0.25, 0.3) is 0 Å². The molecule has 0 aromatic rings. The van der Waals surface area contributed by atoms with E-state index in [1.54, 1.807) is 0 Å². The maximum Gasteiger partial charge on any atom is 0.305 e. The van der Waals surface area contributed by atoms with Crippen molar-refractivity contribution in [1.82, 2.24) is 0 Å². The van der Waals surface area contributed by atoms with Crippen LogP contribution < -0.4 is 0 Å². The van der Waals surface area contributed by atoms with Gasteiger partial charge in [-0.05, 0) is 25.7 Å². The summed E-state index contributed by atoms with van der Waals surface area (Å²) in [7, 11) is 0. The summed E-state index contributed by atoms with van der Waals surface area (Å²) in [6.07, 6.45) is 13.0. The fourth-order valence-corrected chi connectivity index (χ4v) is 1.71. The van der Waals surface area contributed by atoms with Crippen LogP contribution in [0, 0.1) is 5.92 Å². The highest BCUT2D eigenvalue weighted by atomic mass is 16.5. The number of aliphatic hydroxyl groups is 1. The van der Waals surface area contributed by atoms with Crippen LogP contribution in [0.3, 0.4) is 0 Å². The SMILES string of the molecule is CC/C=C/CCCCCCCC(=O)OCC(C)CO. The highest BCUT2D eigenvalue weighted by molar-refractivity contribution is 5.69. The molecule has 0 saturated carbocycles. The number of unbranched alkanes of at least 4 members (excludes halogenated alkanes) is 5. The van der Waals surface area contributed by atoms with Crippen molar-refractivity contribution in [3.05, 3.63) is 12.2 Å². The molecule has 0 fully saturated rings. The number of carbonyl (C=O) groups excluding carboxylic acids is 1. The third-order valence-electron chi connectivity index (χ3n) is 2.99. The van der Waals surface area contributed by atoms with Crippen molar-refractivity contribution in [3.63, 3.8) is 0 Å². The van der Waals surface area contributed by atoms with Gasteiger partial charge in [-0.2, -0.15) is 0 Å². The second-order valence-corrected chi connectivity index (χ2v) is 5.16. The van der Waals surface area contributed by atoms with Gasteiger partial charge in [-0.3, -0.25) is 4.79 Å². The minimum atomic E-state index is -0.133. The van der Waals surface area contributed by atoms with Crippen molar-refractivity contribution in [2.75, 3.05) is 13.2 Å². The summed E-state index contributed by atoms with van der Waals surface area (Å²) in [4.78, 5) is 11.4. The number of ether oxygens (including phenoxy) is 1. The first-order valence-corrected chi connectivity index (χ1v) is 7.62. The summed E-state index contributed by atoms with van der Waals surface area (Å²) in [6.45, 7) is 4.41. The van der Waals surface area contributed by atoms with Crippen LogP contribution in [0.2, 0.25) is 0 Å². The number of allylic oxidation sites excluding steroid dienone is 2. The number of aliphatic hydroxyl groups excluding tert-OH is 1. The monoisotopic (exact) mass is 270 g/mol. The second kappa shape index (κ2) is 13.6. The Balaban J connectivity index is 3.25. The maximum absolute atomic E-state index is 11.4. The first-order valence-electron chi connectivity index (χ1n) is 7.62. The predicted molar refractivity (Wildman–Crippen MR) is 79.0 cm³/mol. The topological polar surface area (TPSA) is 46.5 Å². The molecule has 1 unspecified atom stereocenters. The zero-order valence-corrected chi connectivity index (χ0v) is 12.6.